The van der Waals surface area contributed by atoms with Crippen molar-refractivity contribution in [2.45, 2.75) is 57.1 Å². The molecule has 0 bridgehead atoms. The number of nitrogens with one attached hydrogen (secondary N) is 1. The lowest BCUT2D eigenvalue weighted by atomic mass is 9.87. The molecule has 0 radical (unpaired) electrons. The molecular formula is C17H26N2O2S. The van der Waals surface area contributed by atoms with Crippen molar-refractivity contribution in [1.29, 1.82) is 0 Å². The van der Waals surface area contributed by atoms with E-state index in [2.05, 4.69) is 44.3 Å². The Labute approximate surface area is 137 Å². The average Bonchev–Trinajstić information content (AvgIpc) is 2.34. The molecule has 5 heteroatoms. The number of urea groups is 1. The number of carbonyl (C=O) groups is 2. The second-order valence-corrected chi connectivity index (χ2v) is 8.05. The van der Waals surface area contributed by atoms with E-state index in [-0.39, 0.29) is 22.5 Å². The van der Waals surface area contributed by atoms with E-state index in [1.165, 1.54) is 17.3 Å². The standard InChI is InChI=1S/C17H26N2O2S/c1-10(2)14(15(20)19-16(18)21)22-13-9-12(17(4,5)6)8-7-11(13)3/h7-10,14H,1-6H3,(H3,18,19,20,21)/t14-/m1/s1. The number of rotatable bonds is 4. The summed E-state index contributed by atoms with van der Waals surface area (Å²) < 4.78 is 0. The highest BCUT2D eigenvalue weighted by Crippen LogP contribution is 2.34. The van der Waals surface area contributed by atoms with Crippen LogP contribution in [0.25, 0.3) is 0 Å². The van der Waals surface area contributed by atoms with Crippen LogP contribution in [-0.4, -0.2) is 17.2 Å². The minimum atomic E-state index is -0.809. The van der Waals surface area contributed by atoms with Crippen LogP contribution >= 0.6 is 11.8 Å². The summed E-state index contributed by atoms with van der Waals surface area (Å²) in [5, 5.41) is 1.83. The third kappa shape index (κ3) is 5.05. The zero-order valence-corrected chi connectivity index (χ0v) is 15.0. The minimum absolute atomic E-state index is 0.0474. The third-order valence-corrected chi connectivity index (χ3v) is 5.12. The predicted octanol–water partition coefficient (Wildman–Crippen LogP) is 3.60. The lowest BCUT2D eigenvalue weighted by Crippen LogP contribution is -2.42. The number of imide groups is 1. The predicted molar refractivity (Wildman–Crippen MR) is 92.1 cm³/mol. The number of aryl methyl sites for hydroxylation is 1. The number of benzene rings is 1. The summed E-state index contributed by atoms with van der Waals surface area (Å²) in [6, 6.07) is 5.52. The molecule has 1 aromatic rings. The summed E-state index contributed by atoms with van der Waals surface area (Å²) in [4.78, 5) is 24.1. The number of hydrogen-bond acceptors (Lipinski definition) is 3. The van der Waals surface area contributed by atoms with Crippen molar-refractivity contribution in [2.75, 3.05) is 0 Å². The van der Waals surface area contributed by atoms with Crippen molar-refractivity contribution < 1.29 is 9.59 Å². The quantitative estimate of drug-likeness (QED) is 0.832. The molecule has 3 amide bonds. The first-order chi connectivity index (χ1) is 10.0. The van der Waals surface area contributed by atoms with E-state index in [1.807, 2.05) is 20.8 Å². The minimum Gasteiger partial charge on any atom is -0.351 e. The van der Waals surface area contributed by atoms with Gasteiger partial charge in [0.05, 0.1) is 5.25 Å². The Morgan fingerprint density at radius 1 is 1.23 bits per heavy atom. The van der Waals surface area contributed by atoms with Crippen molar-refractivity contribution in [3.63, 3.8) is 0 Å². The van der Waals surface area contributed by atoms with Gasteiger partial charge in [0.2, 0.25) is 5.91 Å². The highest BCUT2D eigenvalue weighted by atomic mass is 32.2. The van der Waals surface area contributed by atoms with Crippen LogP contribution in [0.1, 0.15) is 45.7 Å². The Bertz CT molecular complexity index is 562. The number of carbonyl (C=O) groups excluding carboxylic acids is 2. The second kappa shape index (κ2) is 7.18. The van der Waals surface area contributed by atoms with Gasteiger partial charge < -0.3 is 5.73 Å². The van der Waals surface area contributed by atoms with Gasteiger partial charge >= 0.3 is 6.03 Å². The molecule has 1 atom stereocenters. The molecular weight excluding hydrogens is 296 g/mol. The van der Waals surface area contributed by atoms with Crippen LogP contribution in [0.15, 0.2) is 23.1 Å². The fourth-order valence-electron chi connectivity index (χ4n) is 2.02. The Balaban J connectivity index is 3.08. The maximum Gasteiger partial charge on any atom is 0.318 e. The number of hydrogen-bond donors (Lipinski definition) is 2. The van der Waals surface area contributed by atoms with E-state index in [0.29, 0.717) is 0 Å². The van der Waals surface area contributed by atoms with Crippen molar-refractivity contribution in [2.24, 2.45) is 11.7 Å². The molecule has 1 aromatic carbocycles. The van der Waals surface area contributed by atoms with Crippen LogP contribution in [0, 0.1) is 12.8 Å². The lowest BCUT2D eigenvalue weighted by molar-refractivity contribution is -0.120. The molecule has 1 rings (SSSR count). The molecule has 0 aromatic heterocycles. The largest absolute Gasteiger partial charge is 0.351 e. The third-order valence-electron chi connectivity index (χ3n) is 3.42. The highest BCUT2D eigenvalue weighted by molar-refractivity contribution is 8.00. The van der Waals surface area contributed by atoms with Crippen LogP contribution in [0.4, 0.5) is 4.79 Å². The van der Waals surface area contributed by atoms with Gasteiger partial charge in [-0.3, -0.25) is 10.1 Å². The molecule has 3 N–H and O–H groups in total. The van der Waals surface area contributed by atoms with Gasteiger partial charge in [-0.15, -0.1) is 11.8 Å². The van der Waals surface area contributed by atoms with E-state index < -0.39 is 6.03 Å². The molecule has 22 heavy (non-hydrogen) atoms. The molecule has 0 spiro atoms. The second-order valence-electron chi connectivity index (χ2n) is 6.87. The number of amides is 3. The molecule has 0 fully saturated rings. The zero-order chi connectivity index (χ0) is 17.1. The van der Waals surface area contributed by atoms with Gasteiger partial charge in [-0.25, -0.2) is 4.79 Å². The first-order valence-corrected chi connectivity index (χ1v) is 8.28. The van der Waals surface area contributed by atoms with E-state index in [0.717, 1.165) is 10.5 Å². The highest BCUT2D eigenvalue weighted by Gasteiger charge is 2.26. The fourth-order valence-corrected chi connectivity index (χ4v) is 3.18. The first-order valence-electron chi connectivity index (χ1n) is 7.40. The first kappa shape index (κ1) is 18.6. The summed E-state index contributed by atoms with van der Waals surface area (Å²) in [6.45, 7) is 12.4. The summed E-state index contributed by atoms with van der Waals surface area (Å²) in [5.74, 6) is -0.255. The fraction of sp³-hybridized carbons (Fsp3) is 0.529. The maximum absolute atomic E-state index is 12.2. The van der Waals surface area contributed by atoms with Crippen LogP contribution in [0.2, 0.25) is 0 Å². The summed E-state index contributed by atoms with van der Waals surface area (Å²) >= 11 is 1.48. The molecule has 122 valence electrons. The van der Waals surface area contributed by atoms with Gasteiger partial charge in [0.1, 0.15) is 0 Å². The molecule has 0 saturated heterocycles. The van der Waals surface area contributed by atoms with Gasteiger partial charge in [-0.2, -0.15) is 0 Å². The number of nitrogens with two attached hydrogens (primary N) is 1. The molecule has 4 nitrogen and oxygen atoms in total. The van der Waals surface area contributed by atoms with E-state index in [9.17, 15) is 9.59 Å². The molecule has 0 unspecified atom stereocenters. The Hall–Kier alpha value is -1.49. The molecule has 0 heterocycles. The van der Waals surface area contributed by atoms with Gasteiger partial charge in [-0.05, 0) is 35.4 Å². The summed E-state index contributed by atoms with van der Waals surface area (Å²) in [5.41, 5.74) is 7.44. The van der Waals surface area contributed by atoms with E-state index in [1.54, 1.807) is 0 Å². The summed E-state index contributed by atoms with van der Waals surface area (Å²) in [7, 11) is 0. The SMILES string of the molecule is Cc1ccc(C(C)(C)C)cc1S[C@@H](C(=O)NC(N)=O)C(C)C. The molecule has 0 aliphatic rings. The van der Waals surface area contributed by atoms with E-state index >= 15 is 0 Å². The Morgan fingerprint density at radius 2 is 1.82 bits per heavy atom. The van der Waals surface area contributed by atoms with Gasteiger partial charge in [0, 0.05) is 4.90 Å². The zero-order valence-electron chi connectivity index (χ0n) is 14.2. The van der Waals surface area contributed by atoms with Crippen LogP contribution in [0.5, 0.6) is 0 Å². The van der Waals surface area contributed by atoms with Crippen molar-refractivity contribution >= 4 is 23.7 Å². The van der Waals surface area contributed by atoms with Crippen molar-refractivity contribution in [3.8, 4) is 0 Å². The molecule has 0 saturated carbocycles. The van der Waals surface area contributed by atoms with Crippen LogP contribution in [-0.2, 0) is 10.2 Å². The lowest BCUT2D eigenvalue weighted by Gasteiger charge is -2.23. The van der Waals surface area contributed by atoms with Crippen LogP contribution in [0.3, 0.4) is 0 Å². The maximum atomic E-state index is 12.2. The monoisotopic (exact) mass is 322 g/mol. The Kier molecular flexibility index (Phi) is 6.06. The number of primary amides is 1. The summed E-state index contributed by atoms with van der Waals surface area (Å²) in [6.07, 6.45) is 0. The van der Waals surface area contributed by atoms with Crippen molar-refractivity contribution in [1.82, 2.24) is 5.32 Å². The van der Waals surface area contributed by atoms with Gasteiger partial charge in [0.15, 0.2) is 0 Å². The van der Waals surface area contributed by atoms with Gasteiger partial charge in [0.25, 0.3) is 0 Å². The van der Waals surface area contributed by atoms with E-state index in [4.69, 9.17) is 5.73 Å². The molecule has 0 aliphatic heterocycles. The topological polar surface area (TPSA) is 72.2 Å². The van der Waals surface area contributed by atoms with Gasteiger partial charge in [-0.1, -0.05) is 46.8 Å². The molecule has 0 aliphatic carbocycles. The normalized spacial score (nSPS) is 13.0. The Morgan fingerprint density at radius 3 is 2.27 bits per heavy atom. The number of thioether (sulfide) groups is 1. The average molecular weight is 322 g/mol. The smallest absolute Gasteiger partial charge is 0.318 e. The van der Waals surface area contributed by atoms with Crippen molar-refractivity contribution in [3.05, 3.63) is 29.3 Å². The van der Waals surface area contributed by atoms with Crippen LogP contribution < -0.4 is 11.1 Å².